The highest BCUT2D eigenvalue weighted by atomic mass is 32.2. The summed E-state index contributed by atoms with van der Waals surface area (Å²) >= 11 is 0. The second kappa shape index (κ2) is 6.36. The molecule has 0 aliphatic carbocycles. The summed E-state index contributed by atoms with van der Waals surface area (Å²) in [5.41, 5.74) is 5.65. The smallest absolute Gasteiger partial charge is 0.246 e. The average Bonchev–Trinajstić information content (AvgIpc) is 2.70. The highest BCUT2D eigenvalue weighted by Gasteiger charge is 2.26. The standard InChI is InChI=1S/C11H22N4O3S/c1-5-15-6-10(11(12)13-15)19(16,17)14-9(7-18-4)8(2)3/h6,8-9,14H,5,7H2,1-4H3,(H2,12,13). The van der Waals surface area contributed by atoms with Crippen LogP contribution in [0, 0.1) is 5.92 Å². The van der Waals surface area contributed by atoms with Gasteiger partial charge in [-0.25, -0.2) is 13.1 Å². The summed E-state index contributed by atoms with van der Waals surface area (Å²) < 4.78 is 33.7. The molecule has 0 aromatic carbocycles. The fourth-order valence-electron chi connectivity index (χ4n) is 1.59. The number of ether oxygens (including phenoxy) is 1. The number of nitrogens with zero attached hydrogens (tertiary/aromatic N) is 2. The summed E-state index contributed by atoms with van der Waals surface area (Å²) in [7, 11) is -2.15. The van der Waals surface area contributed by atoms with E-state index in [-0.39, 0.29) is 22.7 Å². The Morgan fingerprint density at radius 3 is 2.58 bits per heavy atom. The number of methoxy groups -OCH3 is 1. The van der Waals surface area contributed by atoms with Gasteiger partial charge in [0.05, 0.1) is 6.61 Å². The molecule has 1 aromatic rings. The monoisotopic (exact) mass is 290 g/mol. The third-order valence-corrected chi connectivity index (χ3v) is 4.33. The van der Waals surface area contributed by atoms with Crippen molar-refractivity contribution in [2.24, 2.45) is 5.92 Å². The van der Waals surface area contributed by atoms with Gasteiger partial charge in [0.25, 0.3) is 0 Å². The second-order valence-electron chi connectivity index (χ2n) is 4.66. The number of aromatic nitrogens is 2. The van der Waals surface area contributed by atoms with Crippen LogP contribution in [0.2, 0.25) is 0 Å². The van der Waals surface area contributed by atoms with Crippen molar-refractivity contribution in [1.82, 2.24) is 14.5 Å². The molecular weight excluding hydrogens is 268 g/mol. The minimum atomic E-state index is -3.68. The van der Waals surface area contributed by atoms with Gasteiger partial charge in [-0.3, -0.25) is 4.68 Å². The molecule has 0 saturated carbocycles. The van der Waals surface area contributed by atoms with E-state index in [0.717, 1.165) is 0 Å². The van der Waals surface area contributed by atoms with Crippen LogP contribution in [0.4, 0.5) is 5.82 Å². The van der Waals surface area contributed by atoms with E-state index in [1.54, 1.807) is 0 Å². The Balaban J connectivity index is 2.99. The van der Waals surface area contributed by atoms with E-state index in [9.17, 15) is 8.42 Å². The van der Waals surface area contributed by atoms with Crippen molar-refractivity contribution in [3.05, 3.63) is 6.20 Å². The van der Waals surface area contributed by atoms with Gasteiger partial charge in [-0.1, -0.05) is 13.8 Å². The van der Waals surface area contributed by atoms with Gasteiger partial charge < -0.3 is 10.5 Å². The second-order valence-corrected chi connectivity index (χ2v) is 6.34. The molecule has 8 heteroatoms. The van der Waals surface area contributed by atoms with Gasteiger partial charge in [-0.15, -0.1) is 0 Å². The van der Waals surface area contributed by atoms with Crippen LogP contribution in [-0.4, -0.2) is 38.0 Å². The van der Waals surface area contributed by atoms with E-state index in [1.807, 2.05) is 20.8 Å². The van der Waals surface area contributed by atoms with Crippen LogP contribution in [0.15, 0.2) is 11.1 Å². The molecule has 0 bridgehead atoms. The number of hydrogen-bond acceptors (Lipinski definition) is 5. The number of nitrogen functional groups attached to an aromatic ring is 1. The molecule has 1 unspecified atom stereocenters. The van der Waals surface area contributed by atoms with Crippen LogP contribution in [0.3, 0.4) is 0 Å². The number of nitrogens with one attached hydrogen (secondary N) is 1. The summed E-state index contributed by atoms with van der Waals surface area (Å²) in [5.74, 6) is 0.117. The molecule has 19 heavy (non-hydrogen) atoms. The fraction of sp³-hybridized carbons (Fsp3) is 0.727. The Labute approximate surface area is 114 Å². The summed E-state index contributed by atoms with van der Waals surface area (Å²) in [5, 5.41) is 3.94. The van der Waals surface area contributed by atoms with Crippen LogP contribution in [0.1, 0.15) is 20.8 Å². The van der Waals surface area contributed by atoms with E-state index in [0.29, 0.717) is 13.2 Å². The molecule has 1 atom stereocenters. The van der Waals surface area contributed by atoms with Gasteiger partial charge in [0.2, 0.25) is 10.0 Å². The summed E-state index contributed by atoms with van der Waals surface area (Å²) in [6.45, 7) is 6.57. The van der Waals surface area contributed by atoms with Crippen molar-refractivity contribution in [3.63, 3.8) is 0 Å². The Hall–Kier alpha value is -1.12. The van der Waals surface area contributed by atoms with Gasteiger partial charge >= 0.3 is 0 Å². The lowest BCUT2D eigenvalue weighted by molar-refractivity contribution is 0.157. The van der Waals surface area contributed by atoms with Gasteiger partial charge in [0.1, 0.15) is 4.90 Å². The van der Waals surface area contributed by atoms with Gasteiger partial charge in [-0.05, 0) is 12.8 Å². The molecular formula is C11H22N4O3S. The minimum Gasteiger partial charge on any atom is -0.383 e. The molecule has 1 aromatic heterocycles. The van der Waals surface area contributed by atoms with Gasteiger partial charge in [0.15, 0.2) is 5.82 Å². The quantitative estimate of drug-likeness (QED) is 0.759. The lowest BCUT2D eigenvalue weighted by Gasteiger charge is -2.21. The van der Waals surface area contributed by atoms with E-state index < -0.39 is 10.0 Å². The van der Waals surface area contributed by atoms with Crippen molar-refractivity contribution in [2.45, 2.75) is 38.3 Å². The van der Waals surface area contributed by atoms with Crippen LogP contribution < -0.4 is 10.5 Å². The zero-order chi connectivity index (χ0) is 14.6. The Kier molecular flexibility index (Phi) is 5.33. The minimum absolute atomic E-state index is 0.00859. The number of nitrogens with two attached hydrogens (primary N) is 1. The van der Waals surface area contributed by atoms with Crippen molar-refractivity contribution in [3.8, 4) is 0 Å². The fourth-order valence-corrected chi connectivity index (χ4v) is 3.03. The lowest BCUT2D eigenvalue weighted by Crippen LogP contribution is -2.41. The molecule has 0 amide bonds. The maximum absolute atomic E-state index is 12.3. The molecule has 110 valence electrons. The Morgan fingerprint density at radius 1 is 1.53 bits per heavy atom. The first-order chi connectivity index (χ1) is 8.81. The Bertz CT molecular complexity index is 510. The van der Waals surface area contributed by atoms with E-state index in [1.165, 1.54) is 18.0 Å². The topological polar surface area (TPSA) is 99.2 Å². The van der Waals surface area contributed by atoms with Crippen molar-refractivity contribution < 1.29 is 13.2 Å². The lowest BCUT2D eigenvalue weighted by atomic mass is 10.1. The normalized spacial score (nSPS) is 13.9. The maximum Gasteiger partial charge on any atom is 0.246 e. The number of anilines is 1. The molecule has 0 aliphatic rings. The SMILES string of the molecule is CCn1cc(S(=O)(=O)NC(COC)C(C)C)c(N)n1. The summed E-state index contributed by atoms with van der Waals surface area (Å²) in [6.07, 6.45) is 1.43. The molecule has 1 rings (SSSR count). The van der Waals surface area contributed by atoms with Crippen molar-refractivity contribution >= 4 is 15.8 Å². The number of rotatable bonds is 7. The third-order valence-electron chi connectivity index (χ3n) is 2.83. The number of aryl methyl sites for hydroxylation is 1. The summed E-state index contributed by atoms with van der Waals surface area (Å²) in [4.78, 5) is 0.0103. The molecule has 1 heterocycles. The molecule has 0 aliphatic heterocycles. The van der Waals surface area contributed by atoms with Gasteiger partial charge in [-0.2, -0.15) is 5.10 Å². The Morgan fingerprint density at radius 2 is 2.16 bits per heavy atom. The van der Waals surface area contributed by atoms with E-state index in [2.05, 4.69) is 9.82 Å². The number of hydrogen-bond donors (Lipinski definition) is 2. The predicted molar refractivity (Wildman–Crippen MR) is 73.1 cm³/mol. The maximum atomic E-state index is 12.3. The molecule has 0 saturated heterocycles. The number of sulfonamides is 1. The van der Waals surface area contributed by atoms with Crippen LogP contribution in [0.5, 0.6) is 0 Å². The van der Waals surface area contributed by atoms with E-state index >= 15 is 0 Å². The molecule has 0 fully saturated rings. The van der Waals surface area contributed by atoms with Crippen LogP contribution >= 0.6 is 0 Å². The first kappa shape index (κ1) is 15.9. The van der Waals surface area contributed by atoms with Gasteiger partial charge in [0, 0.05) is 25.9 Å². The zero-order valence-corrected chi connectivity index (χ0v) is 12.6. The van der Waals surface area contributed by atoms with Crippen LogP contribution in [-0.2, 0) is 21.3 Å². The summed E-state index contributed by atoms with van der Waals surface area (Å²) in [6, 6.07) is -0.306. The molecule has 0 radical (unpaired) electrons. The zero-order valence-electron chi connectivity index (χ0n) is 11.8. The van der Waals surface area contributed by atoms with E-state index in [4.69, 9.17) is 10.5 Å². The highest BCUT2D eigenvalue weighted by Crippen LogP contribution is 2.17. The highest BCUT2D eigenvalue weighted by molar-refractivity contribution is 7.89. The first-order valence-electron chi connectivity index (χ1n) is 6.16. The van der Waals surface area contributed by atoms with Crippen molar-refractivity contribution in [1.29, 1.82) is 0 Å². The molecule has 0 spiro atoms. The first-order valence-corrected chi connectivity index (χ1v) is 7.64. The average molecular weight is 290 g/mol. The third kappa shape index (κ3) is 3.92. The molecule has 7 nitrogen and oxygen atoms in total. The predicted octanol–water partition coefficient (Wildman–Crippen LogP) is 0.435. The molecule has 3 N–H and O–H groups in total. The largest absolute Gasteiger partial charge is 0.383 e. The van der Waals surface area contributed by atoms with Crippen molar-refractivity contribution in [2.75, 3.05) is 19.5 Å². The van der Waals surface area contributed by atoms with Crippen LogP contribution in [0.25, 0.3) is 0 Å².